The fourth-order valence-corrected chi connectivity index (χ4v) is 3.54. The zero-order valence-corrected chi connectivity index (χ0v) is 14.2. The molecule has 23 heavy (non-hydrogen) atoms. The third-order valence-corrected chi connectivity index (χ3v) is 4.95. The molecular formula is C19H22N2OS. The van der Waals surface area contributed by atoms with Crippen LogP contribution in [0.15, 0.2) is 49.1 Å². The second kappa shape index (κ2) is 7.01. The lowest BCUT2D eigenvalue weighted by Gasteiger charge is -2.23. The van der Waals surface area contributed by atoms with Gasteiger partial charge in [0.05, 0.1) is 12.1 Å². The van der Waals surface area contributed by atoms with Gasteiger partial charge in [0.15, 0.2) is 0 Å². The quantitative estimate of drug-likeness (QED) is 0.762. The lowest BCUT2D eigenvalue weighted by molar-refractivity contribution is 0.0732. The van der Waals surface area contributed by atoms with Crippen molar-refractivity contribution in [3.05, 3.63) is 64.4 Å². The Bertz CT molecular complexity index is 703. The number of carbonyl (C=O) groups excluding carboxylic acids is 1. The summed E-state index contributed by atoms with van der Waals surface area (Å²) in [6.45, 7) is 7.19. The number of nitrogens with zero attached hydrogens (tertiary/aromatic N) is 1. The van der Waals surface area contributed by atoms with E-state index in [-0.39, 0.29) is 5.91 Å². The first-order valence-corrected chi connectivity index (χ1v) is 8.81. The van der Waals surface area contributed by atoms with Crippen molar-refractivity contribution in [2.24, 2.45) is 0 Å². The van der Waals surface area contributed by atoms with Gasteiger partial charge in [-0.3, -0.25) is 4.79 Å². The Balaban J connectivity index is 1.82. The van der Waals surface area contributed by atoms with E-state index in [4.69, 9.17) is 0 Å². The molecule has 0 atom stereocenters. The Kier molecular flexibility index (Phi) is 4.82. The summed E-state index contributed by atoms with van der Waals surface area (Å²) >= 11 is 1.77. The molecule has 0 aliphatic heterocycles. The highest BCUT2D eigenvalue weighted by Crippen LogP contribution is 2.32. The van der Waals surface area contributed by atoms with Gasteiger partial charge in [0.1, 0.15) is 0 Å². The summed E-state index contributed by atoms with van der Waals surface area (Å²) in [6, 6.07) is 12.4. The molecule has 0 saturated heterocycles. The van der Waals surface area contributed by atoms with Crippen molar-refractivity contribution in [3.8, 4) is 0 Å². The first-order valence-electron chi connectivity index (χ1n) is 7.99. The highest BCUT2D eigenvalue weighted by atomic mass is 32.1. The molecule has 1 saturated carbocycles. The number of benzene rings is 1. The topological polar surface area (TPSA) is 32.3 Å². The number of anilines is 1. The predicted octanol–water partition coefficient (Wildman–Crippen LogP) is 4.46. The molecule has 1 aliphatic carbocycles. The molecule has 1 fully saturated rings. The zero-order chi connectivity index (χ0) is 16.2. The molecule has 0 bridgehead atoms. The van der Waals surface area contributed by atoms with E-state index in [2.05, 4.69) is 31.0 Å². The Morgan fingerprint density at radius 3 is 2.78 bits per heavy atom. The molecular weight excluding hydrogens is 304 g/mol. The van der Waals surface area contributed by atoms with Gasteiger partial charge in [0.2, 0.25) is 0 Å². The van der Waals surface area contributed by atoms with Crippen molar-refractivity contribution >= 4 is 22.9 Å². The van der Waals surface area contributed by atoms with Crippen molar-refractivity contribution < 1.29 is 4.79 Å². The van der Waals surface area contributed by atoms with Gasteiger partial charge < -0.3 is 10.2 Å². The molecule has 0 spiro atoms. The maximum Gasteiger partial charge on any atom is 0.256 e. The van der Waals surface area contributed by atoms with Gasteiger partial charge in [-0.15, -0.1) is 17.9 Å². The summed E-state index contributed by atoms with van der Waals surface area (Å²) in [5.74, 6) is 0.116. The van der Waals surface area contributed by atoms with Gasteiger partial charge in [0, 0.05) is 28.0 Å². The third-order valence-electron chi connectivity index (χ3n) is 3.97. The summed E-state index contributed by atoms with van der Waals surface area (Å²) in [4.78, 5) is 17.7. The van der Waals surface area contributed by atoms with Crippen LogP contribution in [0, 0.1) is 6.92 Å². The molecule has 1 aliphatic rings. The normalized spacial score (nSPS) is 13.6. The average Bonchev–Trinajstić information content (AvgIpc) is 3.32. The lowest BCUT2D eigenvalue weighted by atomic mass is 10.1. The molecule has 1 N–H and O–H groups in total. The molecule has 1 heterocycles. The van der Waals surface area contributed by atoms with Crippen LogP contribution < -0.4 is 5.32 Å². The Morgan fingerprint density at radius 1 is 1.35 bits per heavy atom. The van der Waals surface area contributed by atoms with E-state index in [1.54, 1.807) is 17.4 Å². The largest absolute Gasteiger partial charge is 0.381 e. The number of hydrogen-bond acceptors (Lipinski definition) is 3. The molecule has 1 amide bonds. The first kappa shape index (κ1) is 15.8. The molecule has 1 aromatic heterocycles. The van der Waals surface area contributed by atoms with Gasteiger partial charge in [-0.2, -0.15) is 0 Å². The number of thiophene rings is 1. The van der Waals surface area contributed by atoms with Crippen LogP contribution >= 0.6 is 11.3 Å². The lowest BCUT2D eigenvalue weighted by Crippen LogP contribution is -2.32. The van der Waals surface area contributed by atoms with Crippen molar-refractivity contribution in [3.63, 3.8) is 0 Å². The number of amides is 1. The summed E-state index contributed by atoms with van der Waals surface area (Å²) in [5, 5.41) is 3.26. The second-order valence-electron chi connectivity index (χ2n) is 5.89. The number of aryl methyl sites for hydroxylation is 1. The van der Waals surface area contributed by atoms with Crippen LogP contribution in [0.1, 0.15) is 33.0 Å². The van der Waals surface area contributed by atoms with Crippen molar-refractivity contribution in [1.29, 1.82) is 0 Å². The zero-order valence-electron chi connectivity index (χ0n) is 13.4. The third kappa shape index (κ3) is 3.82. The minimum absolute atomic E-state index is 0.116. The Labute approximate surface area is 141 Å². The molecule has 1 aromatic carbocycles. The maximum absolute atomic E-state index is 13.1. The molecule has 0 unspecified atom stereocenters. The first-order chi connectivity index (χ1) is 11.2. The standard InChI is InChI=1S/C19H22N2OS/c1-3-12-20-18-7-5-4-6-17(18)19(22)21(15-9-10-15)13-16-11-8-14(2)23-16/h3-8,11,15,20H,1,9-10,12-13H2,2H3. The predicted molar refractivity (Wildman–Crippen MR) is 97.1 cm³/mol. The molecule has 3 nitrogen and oxygen atoms in total. The van der Waals surface area contributed by atoms with E-state index in [9.17, 15) is 4.79 Å². The molecule has 120 valence electrons. The van der Waals surface area contributed by atoms with Crippen molar-refractivity contribution in [1.82, 2.24) is 4.90 Å². The second-order valence-corrected chi connectivity index (χ2v) is 7.26. The molecule has 0 radical (unpaired) electrons. The summed E-state index contributed by atoms with van der Waals surface area (Å²) in [5.41, 5.74) is 1.62. The molecule has 3 rings (SSSR count). The number of nitrogens with one attached hydrogen (secondary N) is 1. The van der Waals surface area contributed by atoms with Gasteiger partial charge in [-0.1, -0.05) is 18.2 Å². The van der Waals surface area contributed by atoms with Crippen molar-refractivity contribution in [2.75, 3.05) is 11.9 Å². The average molecular weight is 326 g/mol. The van der Waals surface area contributed by atoms with E-state index >= 15 is 0 Å². The van der Waals surface area contributed by atoms with E-state index < -0.39 is 0 Å². The summed E-state index contributed by atoms with van der Waals surface area (Å²) in [7, 11) is 0. The highest BCUT2D eigenvalue weighted by Gasteiger charge is 2.34. The van der Waals surface area contributed by atoms with E-state index in [0.29, 0.717) is 19.1 Å². The number of para-hydroxylation sites is 1. The van der Waals surface area contributed by atoms with Gasteiger partial charge >= 0.3 is 0 Å². The maximum atomic E-state index is 13.1. The van der Waals surface area contributed by atoms with Crippen molar-refractivity contribution in [2.45, 2.75) is 32.4 Å². The summed E-state index contributed by atoms with van der Waals surface area (Å²) < 4.78 is 0. The van der Waals surface area contributed by atoms with E-state index in [1.165, 1.54) is 9.75 Å². The van der Waals surface area contributed by atoms with Gasteiger partial charge in [0.25, 0.3) is 5.91 Å². The van der Waals surface area contributed by atoms with Crippen LogP contribution in [0.2, 0.25) is 0 Å². The van der Waals surface area contributed by atoms with Crippen LogP contribution in [-0.4, -0.2) is 23.4 Å². The van der Waals surface area contributed by atoms with E-state index in [1.807, 2.05) is 29.2 Å². The van der Waals surface area contributed by atoms with E-state index in [0.717, 1.165) is 24.1 Å². The van der Waals surface area contributed by atoms with Crippen LogP contribution in [0.25, 0.3) is 0 Å². The SMILES string of the molecule is C=CCNc1ccccc1C(=O)N(Cc1ccc(C)s1)C1CC1. The summed E-state index contributed by atoms with van der Waals surface area (Å²) in [6.07, 6.45) is 4.02. The van der Waals surface area contributed by atoms with Crippen LogP contribution in [0.4, 0.5) is 5.69 Å². The van der Waals surface area contributed by atoms with Crippen LogP contribution in [0.3, 0.4) is 0 Å². The number of rotatable bonds is 7. The van der Waals surface area contributed by atoms with Crippen LogP contribution in [0.5, 0.6) is 0 Å². The Hall–Kier alpha value is -2.07. The monoisotopic (exact) mass is 326 g/mol. The fourth-order valence-electron chi connectivity index (χ4n) is 2.65. The molecule has 2 aromatic rings. The Morgan fingerprint density at radius 2 is 2.13 bits per heavy atom. The number of hydrogen-bond donors (Lipinski definition) is 1. The number of carbonyl (C=O) groups is 1. The van der Waals surface area contributed by atoms with Gasteiger partial charge in [-0.25, -0.2) is 0 Å². The highest BCUT2D eigenvalue weighted by molar-refractivity contribution is 7.11. The minimum Gasteiger partial charge on any atom is -0.381 e. The van der Waals surface area contributed by atoms with Gasteiger partial charge in [-0.05, 0) is 44.0 Å². The molecule has 4 heteroatoms. The smallest absolute Gasteiger partial charge is 0.256 e. The fraction of sp³-hybridized carbons (Fsp3) is 0.316. The minimum atomic E-state index is 0.116. The van der Waals surface area contributed by atoms with Crippen LogP contribution in [-0.2, 0) is 6.54 Å².